The number of aliphatic imine (C=N–C) groups is 1. The van der Waals surface area contributed by atoms with Crippen LogP contribution in [0.5, 0.6) is 0 Å². The number of benzene rings is 1. The van der Waals surface area contributed by atoms with Crippen LogP contribution >= 0.6 is 35.3 Å². The molecule has 0 aliphatic heterocycles. The Bertz CT molecular complexity index is 765. The van der Waals surface area contributed by atoms with Gasteiger partial charge in [-0.25, -0.2) is 13.1 Å². The lowest BCUT2D eigenvalue weighted by molar-refractivity contribution is 0.477. The second kappa shape index (κ2) is 11.5. The molecule has 0 aliphatic carbocycles. The number of nitrogens with zero attached hydrogens (tertiary/aromatic N) is 2. The fraction of sp³-hybridized carbons (Fsp3) is 0.353. The van der Waals surface area contributed by atoms with Crippen molar-refractivity contribution >= 4 is 51.3 Å². The van der Waals surface area contributed by atoms with E-state index < -0.39 is 10.0 Å². The van der Waals surface area contributed by atoms with E-state index in [0.29, 0.717) is 10.8 Å². The number of thiophene rings is 1. The van der Waals surface area contributed by atoms with Gasteiger partial charge >= 0.3 is 0 Å². The van der Waals surface area contributed by atoms with Crippen LogP contribution in [-0.4, -0.2) is 46.0 Å². The Hall–Kier alpha value is -1.17. The van der Waals surface area contributed by atoms with Gasteiger partial charge in [0.1, 0.15) is 4.21 Å². The molecule has 2 rings (SSSR count). The van der Waals surface area contributed by atoms with Crippen LogP contribution < -0.4 is 10.0 Å². The zero-order valence-electron chi connectivity index (χ0n) is 14.9. The van der Waals surface area contributed by atoms with E-state index in [1.54, 1.807) is 17.5 Å². The Morgan fingerprint density at radius 2 is 1.92 bits per heavy atom. The summed E-state index contributed by atoms with van der Waals surface area (Å²) >= 11 is 1.20. The third kappa shape index (κ3) is 7.22. The van der Waals surface area contributed by atoms with Crippen molar-refractivity contribution in [2.75, 3.05) is 26.7 Å². The molecule has 0 saturated carbocycles. The van der Waals surface area contributed by atoms with E-state index in [4.69, 9.17) is 0 Å². The molecule has 1 aromatic carbocycles. The molecule has 26 heavy (non-hydrogen) atoms. The van der Waals surface area contributed by atoms with Crippen LogP contribution in [0.2, 0.25) is 0 Å². The van der Waals surface area contributed by atoms with Gasteiger partial charge in [-0.2, -0.15) is 0 Å². The summed E-state index contributed by atoms with van der Waals surface area (Å²) in [6.07, 6.45) is 0. The molecule has 0 saturated heterocycles. The summed E-state index contributed by atoms with van der Waals surface area (Å²) in [6.45, 7) is 4.11. The molecular formula is C17H25IN4O2S2. The van der Waals surface area contributed by atoms with Gasteiger partial charge in [0.05, 0.1) is 6.54 Å². The second-order valence-electron chi connectivity index (χ2n) is 5.41. The highest BCUT2D eigenvalue weighted by Gasteiger charge is 2.14. The Morgan fingerprint density at radius 1 is 1.19 bits per heavy atom. The summed E-state index contributed by atoms with van der Waals surface area (Å²) < 4.78 is 27.0. The molecule has 0 spiro atoms. The average Bonchev–Trinajstić information content (AvgIpc) is 3.14. The summed E-state index contributed by atoms with van der Waals surface area (Å²) in [5.41, 5.74) is 1.19. The molecule has 1 heterocycles. The van der Waals surface area contributed by atoms with Crippen molar-refractivity contribution in [1.82, 2.24) is 14.9 Å². The molecule has 0 amide bonds. The number of hydrogen-bond acceptors (Lipinski definition) is 4. The third-order valence-electron chi connectivity index (χ3n) is 3.38. The maximum Gasteiger partial charge on any atom is 0.250 e. The first-order valence-corrected chi connectivity index (χ1v) is 10.5. The van der Waals surface area contributed by atoms with Crippen molar-refractivity contribution in [3.8, 4) is 0 Å². The Labute approximate surface area is 176 Å². The van der Waals surface area contributed by atoms with Crippen LogP contribution in [-0.2, 0) is 16.6 Å². The first-order valence-electron chi connectivity index (χ1n) is 8.09. The molecule has 0 bridgehead atoms. The van der Waals surface area contributed by atoms with Gasteiger partial charge in [0.15, 0.2) is 5.96 Å². The monoisotopic (exact) mass is 508 g/mol. The Balaban J connectivity index is 0.00000338. The molecule has 6 nitrogen and oxygen atoms in total. The van der Waals surface area contributed by atoms with Crippen LogP contribution in [0.15, 0.2) is 57.0 Å². The van der Waals surface area contributed by atoms with E-state index in [-0.39, 0.29) is 30.5 Å². The van der Waals surface area contributed by atoms with E-state index in [0.717, 1.165) is 19.0 Å². The molecule has 0 fully saturated rings. The number of nitrogens with one attached hydrogen (secondary N) is 2. The van der Waals surface area contributed by atoms with E-state index in [9.17, 15) is 8.42 Å². The quantitative estimate of drug-likeness (QED) is 0.249. The SMILES string of the molecule is CCNC(=NCCNS(=O)(=O)c1cccs1)N(C)Cc1ccccc1.I. The molecule has 0 aliphatic rings. The van der Waals surface area contributed by atoms with Crippen LogP contribution in [0.25, 0.3) is 0 Å². The number of rotatable bonds is 8. The van der Waals surface area contributed by atoms with Crippen molar-refractivity contribution in [3.63, 3.8) is 0 Å². The van der Waals surface area contributed by atoms with Gasteiger partial charge in [-0.15, -0.1) is 35.3 Å². The maximum atomic E-state index is 12.1. The third-order valence-corrected chi connectivity index (χ3v) is 6.24. The molecule has 1 aromatic heterocycles. The maximum absolute atomic E-state index is 12.1. The predicted octanol–water partition coefficient (Wildman–Crippen LogP) is 2.74. The van der Waals surface area contributed by atoms with Crippen LogP contribution in [0, 0.1) is 0 Å². The van der Waals surface area contributed by atoms with Crippen LogP contribution in [0.3, 0.4) is 0 Å². The molecule has 144 valence electrons. The van der Waals surface area contributed by atoms with Crippen LogP contribution in [0.4, 0.5) is 0 Å². The first kappa shape index (κ1) is 22.9. The smallest absolute Gasteiger partial charge is 0.250 e. The standard InChI is InChI=1S/C17H24N4O2S2.HI/c1-3-18-17(21(2)14-15-8-5-4-6-9-15)19-11-12-20-25(22,23)16-10-7-13-24-16;/h4-10,13,20H,3,11-12,14H2,1-2H3,(H,18,19);1H. The fourth-order valence-corrected chi connectivity index (χ4v) is 4.29. The normalized spacial score (nSPS) is 11.7. The van der Waals surface area contributed by atoms with Crippen molar-refractivity contribution in [2.24, 2.45) is 4.99 Å². The highest BCUT2D eigenvalue weighted by atomic mass is 127. The zero-order chi connectivity index (χ0) is 18.1. The summed E-state index contributed by atoms with van der Waals surface area (Å²) in [6, 6.07) is 13.4. The van der Waals surface area contributed by atoms with Gasteiger partial charge in [-0.1, -0.05) is 36.4 Å². The highest BCUT2D eigenvalue weighted by molar-refractivity contribution is 14.0. The molecular weight excluding hydrogens is 483 g/mol. The van der Waals surface area contributed by atoms with Crippen molar-refractivity contribution in [3.05, 3.63) is 53.4 Å². The fourth-order valence-electron chi connectivity index (χ4n) is 2.23. The van der Waals surface area contributed by atoms with E-state index in [1.165, 1.54) is 16.9 Å². The van der Waals surface area contributed by atoms with Crippen molar-refractivity contribution in [1.29, 1.82) is 0 Å². The molecule has 0 unspecified atom stereocenters. The largest absolute Gasteiger partial charge is 0.357 e. The van der Waals surface area contributed by atoms with Gasteiger partial charge in [0.25, 0.3) is 0 Å². The number of sulfonamides is 1. The Morgan fingerprint density at radius 3 is 2.54 bits per heavy atom. The number of hydrogen-bond donors (Lipinski definition) is 2. The van der Waals surface area contributed by atoms with Gasteiger partial charge in [0, 0.05) is 26.7 Å². The van der Waals surface area contributed by atoms with Gasteiger partial charge < -0.3 is 10.2 Å². The lowest BCUT2D eigenvalue weighted by atomic mass is 10.2. The minimum absolute atomic E-state index is 0. The molecule has 2 aromatic rings. The first-order chi connectivity index (χ1) is 12.0. The van der Waals surface area contributed by atoms with Gasteiger partial charge in [-0.3, -0.25) is 4.99 Å². The minimum atomic E-state index is -3.43. The predicted molar refractivity (Wildman–Crippen MR) is 119 cm³/mol. The van der Waals surface area contributed by atoms with E-state index in [2.05, 4.69) is 27.2 Å². The number of halogens is 1. The number of guanidine groups is 1. The molecule has 0 atom stereocenters. The minimum Gasteiger partial charge on any atom is -0.357 e. The lowest BCUT2D eigenvalue weighted by Crippen LogP contribution is -2.39. The van der Waals surface area contributed by atoms with Crippen molar-refractivity contribution < 1.29 is 8.42 Å². The average molecular weight is 508 g/mol. The molecule has 9 heteroatoms. The summed E-state index contributed by atoms with van der Waals surface area (Å²) in [7, 11) is -1.47. The highest BCUT2D eigenvalue weighted by Crippen LogP contribution is 2.14. The van der Waals surface area contributed by atoms with E-state index in [1.807, 2.05) is 37.1 Å². The van der Waals surface area contributed by atoms with Gasteiger partial charge in [0.2, 0.25) is 10.0 Å². The lowest BCUT2D eigenvalue weighted by Gasteiger charge is -2.22. The summed E-state index contributed by atoms with van der Waals surface area (Å²) in [5.74, 6) is 0.752. The van der Waals surface area contributed by atoms with Crippen LogP contribution in [0.1, 0.15) is 12.5 Å². The molecule has 2 N–H and O–H groups in total. The topological polar surface area (TPSA) is 73.8 Å². The second-order valence-corrected chi connectivity index (χ2v) is 8.35. The molecule has 0 radical (unpaired) electrons. The zero-order valence-corrected chi connectivity index (χ0v) is 18.8. The summed E-state index contributed by atoms with van der Waals surface area (Å²) in [5, 5.41) is 4.97. The van der Waals surface area contributed by atoms with Crippen molar-refractivity contribution in [2.45, 2.75) is 17.7 Å². The summed E-state index contributed by atoms with van der Waals surface area (Å²) in [4.78, 5) is 6.52. The van der Waals surface area contributed by atoms with E-state index >= 15 is 0 Å². The Kier molecular flexibility index (Phi) is 10.1. The van der Waals surface area contributed by atoms with Gasteiger partial charge in [-0.05, 0) is 23.9 Å².